The van der Waals surface area contributed by atoms with Crippen molar-refractivity contribution in [2.75, 3.05) is 18.0 Å². The van der Waals surface area contributed by atoms with Crippen molar-refractivity contribution in [3.8, 4) is 5.75 Å². The Balaban J connectivity index is 2.53. The number of methoxy groups -OCH3 is 1. The maximum absolute atomic E-state index is 14.1. The number of ether oxygens (including phenoxy) is 1. The molecule has 124 valence electrons. The molecule has 2 aromatic rings. The molecule has 0 saturated heterocycles. The molecule has 2 rings (SSSR count). The van der Waals surface area contributed by atoms with E-state index in [2.05, 4.69) is 15.9 Å². The van der Waals surface area contributed by atoms with Crippen LogP contribution < -0.4 is 9.04 Å². The topological polar surface area (TPSA) is 46.6 Å². The molecule has 0 radical (unpaired) electrons. The summed E-state index contributed by atoms with van der Waals surface area (Å²) in [6.45, 7) is 1.70. The van der Waals surface area contributed by atoms with E-state index in [4.69, 9.17) is 16.3 Å². The van der Waals surface area contributed by atoms with E-state index >= 15 is 0 Å². The Morgan fingerprint density at radius 3 is 2.48 bits per heavy atom. The minimum atomic E-state index is -3.95. The molecule has 4 nitrogen and oxygen atoms in total. The summed E-state index contributed by atoms with van der Waals surface area (Å²) in [6.07, 6.45) is 0. The molecule has 8 heteroatoms. The summed E-state index contributed by atoms with van der Waals surface area (Å²) < 4.78 is 46.3. The Morgan fingerprint density at radius 1 is 1.26 bits per heavy atom. The van der Waals surface area contributed by atoms with Gasteiger partial charge in [0.2, 0.25) is 0 Å². The van der Waals surface area contributed by atoms with Gasteiger partial charge in [0.15, 0.2) is 0 Å². The van der Waals surface area contributed by atoms with Gasteiger partial charge in [0.05, 0.1) is 22.7 Å². The smallest absolute Gasteiger partial charge is 0.264 e. The lowest BCUT2D eigenvalue weighted by molar-refractivity contribution is 0.414. The Labute approximate surface area is 148 Å². The molecule has 0 heterocycles. The zero-order valence-electron chi connectivity index (χ0n) is 12.4. The number of nitrogens with zero attached hydrogens (tertiary/aromatic N) is 1. The highest BCUT2D eigenvalue weighted by Gasteiger charge is 2.26. The second-order valence-corrected chi connectivity index (χ2v) is 7.75. The van der Waals surface area contributed by atoms with Crippen LogP contribution >= 0.6 is 27.5 Å². The van der Waals surface area contributed by atoms with Crippen LogP contribution in [0.15, 0.2) is 45.8 Å². The van der Waals surface area contributed by atoms with Crippen LogP contribution in [0.2, 0.25) is 5.02 Å². The quantitative estimate of drug-likeness (QED) is 0.714. The van der Waals surface area contributed by atoms with Gasteiger partial charge in [-0.2, -0.15) is 0 Å². The molecule has 23 heavy (non-hydrogen) atoms. The van der Waals surface area contributed by atoms with Gasteiger partial charge in [0.1, 0.15) is 11.6 Å². The number of hydrogen-bond acceptors (Lipinski definition) is 3. The van der Waals surface area contributed by atoms with Gasteiger partial charge < -0.3 is 4.74 Å². The van der Waals surface area contributed by atoms with E-state index in [0.29, 0.717) is 10.2 Å². The highest BCUT2D eigenvalue weighted by Crippen LogP contribution is 2.32. The lowest BCUT2D eigenvalue weighted by Crippen LogP contribution is -2.31. The molecular weight excluding hydrogens is 409 g/mol. The summed E-state index contributed by atoms with van der Waals surface area (Å²) in [5.74, 6) is -0.270. The third-order valence-electron chi connectivity index (χ3n) is 3.18. The Hall–Kier alpha value is -1.31. The summed E-state index contributed by atoms with van der Waals surface area (Å²) >= 11 is 9.14. The Bertz CT molecular complexity index is 829. The fourth-order valence-corrected chi connectivity index (χ4v) is 4.25. The second kappa shape index (κ2) is 7.07. The number of hydrogen-bond donors (Lipinski definition) is 0. The van der Waals surface area contributed by atoms with E-state index in [9.17, 15) is 12.8 Å². The predicted molar refractivity (Wildman–Crippen MR) is 92.3 cm³/mol. The zero-order valence-corrected chi connectivity index (χ0v) is 15.5. The van der Waals surface area contributed by atoms with Gasteiger partial charge in [-0.05, 0) is 43.3 Å². The first-order valence-electron chi connectivity index (χ1n) is 6.62. The number of rotatable bonds is 5. The Morgan fingerprint density at radius 2 is 1.96 bits per heavy atom. The molecule has 0 aromatic heterocycles. The van der Waals surface area contributed by atoms with Gasteiger partial charge in [-0.3, -0.25) is 4.31 Å². The lowest BCUT2D eigenvalue weighted by atomic mass is 10.3. The molecule has 0 atom stereocenters. The van der Waals surface area contributed by atoms with Gasteiger partial charge >= 0.3 is 0 Å². The van der Waals surface area contributed by atoms with Crippen molar-refractivity contribution >= 4 is 43.2 Å². The van der Waals surface area contributed by atoms with Crippen LogP contribution in [0.4, 0.5) is 10.1 Å². The maximum Gasteiger partial charge on any atom is 0.264 e. The second-order valence-electron chi connectivity index (χ2n) is 4.56. The fourth-order valence-electron chi connectivity index (χ4n) is 2.09. The third-order valence-corrected chi connectivity index (χ3v) is 5.85. The summed E-state index contributed by atoms with van der Waals surface area (Å²) in [4.78, 5) is -0.0348. The van der Waals surface area contributed by atoms with Crippen LogP contribution in [0.1, 0.15) is 6.92 Å². The normalized spacial score (nSPS) is 11.3. The molecule has 0 fully saturated rings. The van der Waals surface area contributed by atoms with Crippen LogP contribution in [0, 0.1) is 5.82 Å². The predicted octanol–water partition coefficient (Wildman–Crippen LogP) is 4.47. The summed E-state index contributed by atoms with van der Waals surface area (Å²) in [5.41, 5.74) is -0.0253. The summed E-state index contributed by atoms with van der Waals surface area (Å²) in [6, 6.07) is 8.33. The lowest BCUT2D eigenvalue weighted by Gasteiger charge is -2.23. The van der Waals surface area contributed by atoms with Gasteiger partial charge in [0, 0.05) is 11.0 Å². The first kappa shape index (κ1) is 18.0. The first-order chi connectivity index (χ1) is 10.8. The van der Waals surface area contributed by atoms with Crippen molar-refractivity contribution in [1.82, 2.24) is 0 Å². The van der Waals surface area contributed by atoms with Crippen LogP contribution in [0.25, 0.3) is 0 Å². The minimum absolute atomic E-state index is 0.0253. The van der Waals surface area contributed by atoms with Crippen LogP contribution in [0.5, 0.6) is 5.75 Å². The average Bonchev–Trinajstić information content (AvgIpc) is 2.49. The monoisotopic (exact) mass is 421 g/mol. The van der Waals surface area contributed by atoms with Crippen molar-refractivity contribution in [2.24, 2.45) is 0 Å². The largest absolute Gasteiger partial charge is 0.495 e. The molecule has 0 amide bonds. The van der Waals surface area contributed by atoms with E-state index in [1.54, 1.807) is 13.0 Å². The number of anilines is 1. The molecule has 0 spiro atoms. The summed E-state index contributed by atoms with van der Waals surface area (Å²) in [5, 5.41) is 0.168. The average molecular weight is 423 g/mol. The molecule has 0 aliphatic rings. The van der Waals surface area contributed by atoms with E-state index in [1.165, 1.54) is 37.4 Å². The fraction of sp³-hybridized carbons (Fsp3) is 0.200. The van der Waals surface area contributed by atoms with Crippen LogP contribution in [-0.4, -0.2) is 22.1 Å². The molecule has 0 bridgehead atoms. The SMILES string of the molecule is CCN(c1ccc(Br)cc1F)S(=O)(=O)c1ccc(OC)c(Cl)c1. The highest BCUT2D eigenvalue weighted by atomic mass is 79.9. The van der Waals surface area contributed by atoms with E-state index < -0.39 is 15.8 Å². The molecule has 0 saturated carbocycles. The number of benzene rings is 2. The standard InChI is InChI=1S/C15H14BrClFNO3S/c1-3-19(14-6-4-10(16)8-13(14)18)23(20,21)11-5-7-15(22-2)12(17)9-11/h4-9H,3H2,1-2H3. The van der Waals surface area contributed by atoms with E-state index in [0.717, 1.165) is 4.31 Å². The zero-order chi connectivity index (χ0) is 17.2. The molecular formula is C15H14BrClFNO3S. The minimum Gasteiger partial charge on any atom is -0.495 e. The third kappa shape index (κ3) is 3.62. The van der Waals surface area contributed by atoms with Gasteiger partial charge in [-0.15, -0.1) is 0 Å². The maximum atomic E-state index is 14.1. The van der Waals surface area contributed by atoms with Gasteiger partial charge in [-0.25, -0.2) is 12.8 Å². The number of sulfonamides is 1. The van der Waals surface area contributed by atoms with Crippen molar-refractivity contribution in [1.29, 1.82) is 0 Å². The molecule has 0 aliphatic heterocycles. The molecule has 2 aromatic carbocycles. The van der Waals surface area contributed by atoms with E-state index in [1.807, 2.05) is 0 Å². The van der Waals surface area contributed by atoms with Crippen LogP contribution in [-0.2, 0) is 10.0 Å². The molecule has 0 aliphatic carbocycles. The van der Waals surface area contributed by atoms with Gasteiger partial charge in [-0.1, -0.05) is 27.5 Å². The van der Waals surface area contributed by atoms with Crippen molar-refractivity contribution < 1.29 is 17.5 Å². The molecule has 0 unspecified atom stereocenters. The number of halogens is 3. The Kier molecular flexibility index (Phi) is 5.54. The highest BCUT2D eigenvalue weighted by molar-refractivity contribution is 9.10. The van der Waals surface area contributed by atoms with Crippen molar-refractivity contribution in [2.45, 2.75) is 11.8 Å². The first-order valence-corrected chi connectivity index (χ1v) is 9.23. The summed E-state index contributed by atoms with van der Waals surface area (Å²) in [7, 11) is -2.51. The van der Waals surface area contributed by atoms with Crippen LogP contribution in [0.3, 0.4) is 0 Å². The van der Waals surface area contributed by atoms with Gasteiger partial charge in [0.25, 0.3) is 10.0 Å². The molecule has 0 N–H and O–H groups in total. The van der Waals surface area contributed by atoms with Crippen molar-refractivity contribution in [3.63, 3.8) is 0 Å². The van der Waals surface area contributed by atoms with Crippen molar-refractivity contribution in [3.05, 3.63) is 51.7 Å². The van der Waals surface area contributed by atoms with E-state index in [-0.39, 0.29) is 22.2 Å².